The van der Waals surface area contributed by atoms with Crippen molar-refractivity contribution in [2.24, 2.45) is 17.8 Å². The number of carbonyl (C=O) groups excluding carboxylic acids is 1. The van der Waals surface area contributed by atoms with E-state index < -0.39 is 11.8 Å². The second-order valence-electron chi connectivity index (χ2n) is 6.83. The van der Waals surface area contributed by atoms with E-state index in [1.807, 2.05) is 0 Å². The minimum atomic E-state index is -1.02. The summed E-state index contributed by atoms with van der Waals surface area (Å²) < 4.78 is 10.4. The summed E-state index contributed by atoms with van der Waals surface area (Å²) >= 11 is 0. The summed E-state index contributed by atoms with van der Waals surface area (Å²) in [6.45, 7) is 9.67. The van der Waals surface area contributed by atoms with Crippen molar-refractivity contribution in [3.8, 4) is 0 Å². The molecule has 0 heterocycles. The van der Waals surface area contributed by atoms with Crippen molar-refractivity contribution in [2.45, 2.75) is 65.6 Å². The SMILES string of the molecule is CC1CCC(C(C)C)C(OC(=O)OCC(C)(C)O)C1. The zero-order chi connectivity index (χ0) is 14.6. The summed E-state index contributed by atoms with van der Waals surface area (Å²) in [6.07, 6.45) is 2.48. The van der Waals surface area contributed by atoms with Crippen LogP contribution in [0.25, 0.3) is 0 Å². The van der Waals surface area contributed by atoms with Gasteiger partial charge in [0.1, 0.15) is 12.7 Å². The van der Waals surface area contributed by atoms with Gasteiger partial charge in [0, 0.05) is 0 Å². The number of rotatable bonds is 4. The maximum Gasteiger partial charge on any atom is 0.508 e. The lowest BCUT2D eigenvalue weighted by atomic mass is 9.75. The minimum Gasteiger partial charge on any atom is -0.431 e. The number of hydrogen-bond donors (Lipinski definition) is 1. The van der Waals surface area contributed by atoms with E-state index in [0.717, 1.165) is 12.8 Å². The molecule has 112 valence electrons. The van der Waals surface area contributed by atoms with Crippen molar-refractivity contribution in [3.05, 3.63) is 0 Å². The van der Waals surface area contributed by atoms with Gasteiger partial charge in [-0.15, -0.1) is 0 Å². The molecule has 0 spiro atoms. The molecule has 3 unspecified atom stereocenters. The van der Waals surface area contributed by atoms with Crippen molar-refractivity contribution >= 4 is 6.16 Å². The van der Waals surface area contributed by atoms with E-state index in [4.69, 9.17) is 9.47 Å². The number of carbonyl (C=O) groups is 1. The molecule has 0 aromatic carbocycles. The Morgan fingerprint density at radius 1 is 1.37 bits per heavy atom. The van der Waals surface area contributed by atoms with Gasteiger partial charge < -0.3 is 14.6 Å². The number of ether oxygens (including phenoxy) is 2. The molecule has 3 atom stereocenters. The van der Waals surface area contributed by atoms with E-state index >= 15 is 0 Å². The van der Waals surface area contributed by atoms with Crippen LogP contribution in [0.3, 0.4) is 0 Å². The van der Waals surface area contributed by atoms with Crippen LogP contribution in [0.2, 0.25) is 0 Å². The Morgan fingerprint density at radius 2 is 2.00 bits per heavy atom. The molecule has 1 aliphatic carbocycles. The van der Waals surface area contributed by atoms with Gasteiger partial charge in [-0.05, 0) is 44.4 Å². The van der Waals surface area contributed by atoms with Crippen molar-refractivity contribution in [3.63, 3.8) is 0 Å². The summed E-state index contributed by atoms with van der Waals surface area (Å²) in [7, 11) is 0. The van der Waals surface area contributed by atoms with E-state index in [2.05, 4.69) is 20.8 Å². The first-order valence-corrected chi connectivity index (χ1v) is 7.25. The first kappa shape index (κ1) is 16.3. The number of aliphatic hydroxyl groups is 1. The topological polar surface area (TPSA) is 55.8 Å². The van der Waals surface area contributed by atoms with E-state index in [1.165, 1.54) is 6.42 Å². The fraction of sp³-hybridized carbons (Fsp3) is 0.933. The highest BCUT2D eigenvalue weighted by atomic mass is 16.7. The molecule has 1 saturated carbocycles. The molecule has 1 aliphatic rings. The monoisotopic (exact) mass is 272 g/mol. The average molecular weight is 272 g/mol. The van der Waals surface area contributed by atoms with Crippen molar-refractivity contribution < 1.29 is 19.4 Å². The quantitative estimate of drug-likeness (QED) is 0.797. The third-order valence-electron chi connectivity index (χ3n) is 3.75. The highest BCUT2D eigenvalue weighted by molar-refractivity contribution is 5.60. The highest BCUT2D eigenvalue weighted by Gasteiger charge is 2.34. The Kier molecular flexibility index (Phi) is 5.65. The Morgan fingerprint density at radius 3 is 2.53 bits per heavy atom. The Bertz CT molecular complexity index is 293. The molecule has 0 saturated heterocycles. The molecule has 19 heavy (non-hydrogen) atoms. The Hall–Kier alpha value is -0.770. The van der Waals surface area contributed by atoms with Crippen LogP contribution in [0, 0.1) is 17.8 Å². The van der Waals surface area contributed by atoms with E-state index in [9.17, 15) is 9.90 Å². The molecule has 4 nitrogen and oxygen atoms in total. The van der Waals surface area contributed by atoms with Gasteiger partial charge in [-0.1, -0.05) is 27.2 Å². The largest absolute Gasteiger partial charge is 0.508 e. The smallest absolute Gasteiger partial charge is 0.431 e. The summed E-state index contributed by atoms with van der Waals surface area (Å²) in [4.78, 5) is 11.7. The second kappa shape index (κ2) is 6.60. The van der Waals surface area contributed by atoms with Crippen molar-refractivity contribution in [1.29, 1.82) is 0 Å². The van der Waals surface area contributed by atoms with Crippen LogP contribution in [-0.4, -0.2) is 29.6 Å². The zero-order valence-electron chi connectivity index (χ0n) is 12.8. The molecule has 0 aromatic rings. The van der Waals surface area contributed by atoms with Crippen LogP contribution in [0.1, 0.15) is 53.9 Å². The van der Waals surface area contributed by atoms with Crippen LogP contribution in [0.5, 0.6) is 0 Å². The average Bonchev–Trinajstić information content (AvgIpc) is 2.25. The molecule has 1 N–H and O–H groups in total. The van der Waals surface area contributed by atoms with Crippen LogP contribution in [0.4, 0.5) is 4.79 Å². The summed E-state index contributed by atoms with van der Waals surface area (Å²) in [5.74, 6) is 1.49. The minimum absolute atomic E-state index is 0.0412. The van der Waals surface area contributed by atoms with Gasteiger partial charge in [0.15, 0.2) is 0 Å². The van der Waals surface area contributed by atoms with Gasteiger partial charge in [-0.2, -0.15) is 0 Å². The van der Waals surface area contributed by atoms with Crippen molar-refractivity contribution in [2.75, 3.05) is 6.61 Å². The predicted molar refractivity (Wildman–Crippen MR) is 73.9 cm³/mol. The molecule has 1 fully saturated rings. The Labute approximate surface area is 116 Å². The summed E-state index contributed by atoms with van der Waals surface area (Å²) in [5, 5.41) is 9.52. The maximum absolute atomic E-state index is 11.7. The third-order valence-corrected chi connectivity index (χ3v) is 3.75. The van der Waals surface area contributed by atoms with Gasteiger partial charge in [0.25, 0.3) is 0 Å². The zero-order valence-corrected chi connectivity index (χ0v) is 12.8. The molecule has 0 aliphatic heterocycles. The molecule has 0 bridgehead atoms. The molecular weight excluding hydrogens is 244 g/mol. The van der Waals surface area contributed by atoms with Crippen molar-refractivity contribution in [1.82, 2.24) is 0 Å². The van der Waals surface area contributed by atoms with Crippen LogP contribution in [-0.2, 0) is 9.47 Å². The second-order valence-corrected chi connectivity index (χ2v) is 6.83. The number of hydrogen-bond acceptors (Lipinski definition) is 4. The first-order valence-electron chi connectivity index (χ1n) is 7.25. The van der Waals surface area contributed by atoms with Crippen LogP contribution >= 0.6 is 0 Å². The summed E-state index contributed by atoms with van der Waals surface area (Å²) in [5.41, 5.74) is -1.02. The highest BCUT2D eigenvalue weighted by Crippen LogP contribution is 2.35. The molecule has 4 heteroatoms. The fourth-order valence-corrected chi connectivity index (χ4v) is 2.64. The fourth-order valence-electron chi connectivity index (χ4n) is 2.64. The van der Waals surface area contributed by atoms with Gasteiger partial charge >= 0.3 is 6.16 Å². The molecular formula is C15H28O4. The lowest BCUT2D eigenvalue weighted by molar-refractivity contribution is -0.0575. The van der Waals surface area contributed by atoms with Gasteiger partial charge in [-0.3, -0.25) is 0 Å². The van der Waals surface area contributed by atoms with Gasteiger partial charge in [0.05, 0.1) is 5.60 Å². The lowest BCUT2D eigenvalue weighted by Crippen LogP contribution is -2.37. The Balaban J connectivity index is 2.49. The van der Waals surface area contributed by atoms with Crippen LogP contribution < -0.4 is 0 Å². The van der Waals surface area contributed by atoms with E-state index in [0.29, 0.717) is 17.8 Å². The molecule has 1 rings (SSSR count). The predicted octanol–water partition coefficient (Wildman–Crippen LogP) is 3.37. The summed E-state index contributed by atoms with van der Waals surface area (Å²) in [6, 6.07) is 0. The lowest BCUT2D eigenvalue weighted by Gasteiger charge is -2.36. The standard InChI is InChI=1S/C15H28O4/c1-10(2)12-7-6-11(3)8-13(12)19-14(16)18-9-15(4,5)17/h10-13,17H,6-9H2,1-5H3. The first-order chi connectivity index (χ1) is 8.69. The maximum atomic E-state index is 11.7. The van der Waals surface area contributed by atoms with E-state index in [-0.39, 0.29) is 12.7 Å². The molecule has 0 radical (unpaired) electrons. The molecule has 0 aromatic heterocycles. The normalized spacial score (nSPS) is 28.3. The van der Waals surface area contributed by atoms with Crippen LogP contribution in [0.15, 0.2) is 0 Å². The molecule has 0 amide bonds. The van der Waals surface area contributed by atoms with E-state index in [1.54, 1.807) is 13.8 Å². The van der Waals surface area contributed by atoms with Gasteiger partial charge in [-0.25, -0.2) is 4.79 Å². The van der Waals surface area contributed by atoms with Gasteiger partial charge in [0.2, 0.25) is 0 Å². The third kappa shape index (κ3) is 5.81.